The molecule has 1 aromatic heterocycles. The Morgan fingerprint density at radius 1 is 1.38 bits per heavy atom. The van der Waals surface area contributed by atoms with E-state index in [4.69, 9.17) is 5.11 Å². The molecule has 1 aliphatic rings. The molecule has 1 saturated heterocycles. The molecule has 2 heterocycles. The monoisotopic (exact) mass is 286 g/mol. The molecule has 21 heavy (non-hydrogen) atoms. The van der Waals surface area contributed by atoms with E-state index in [1.165, 1.54) is 6.33 Å². The van der Waals surface area contributed by atoms with E-state index in [1.807, 2.05) is 24.3 Å². The van der Waals surface area contributed by atoms with Crippen molar-refractivity contribution in [2.75, 3.05) is 6.54 Å². The lowest BCUT2D eigenvalue weighted by molar-refractivity contribution is -0.141. The average molecular weight is 286 g/mol. The van der Waals surface area contributed by atoms with E-state index in [-0.39, 0.29) is 18.9 Å². The van der Waals surface area contributed by atoms with Crippen LogP contribution in [0.15, 0.2) is 36.9 Å². The fourth-order valence-corrected chi connectivity index (χ4v) is 2.50. The van der Waals surface area contributed by atoms with E-state index in [0.29, 0.717) is 6.54 Å². The van der Waals surface area contributed by atoms with Crippen molar-refractivity contribution >= 4 is 11.9 Å². The van der Waals surface area contributed by atoms with Crippen molar-refractivity contribution in [1.82, 2.24) is 19.7 Å². The largest absolute Gasteiger partial charge is 0.481 e. The van der Waals surface area contributed by atoms with Crippen molar-refractivity contribution in [2.45, 2.75) is 13.0 Å². The number of hydrogen-bond acceptors (Lipinski definition) is 4. The van der Waals surface area contributed by atoms with Gasteiger partial charge in [-0.05, 0) is 11.6 Å². The van der Waals surface area contributed by atoms with Gasteiger partial charge in [0.25, 0.3) is 0 Å². The molecule has 1 atom stereocenters. The molecular formula is C14H14N4O3. The summed E-state index contributed by atoms with van der Waals surface area (Å²) in [5.74, 6) is -1.66. The van der Waals surface area contributed by atoms with Crippen LogP contribution in [0.5, 0.6) is 0 Å². The number of carbonyl (C=O) groups excluding carboxylic acids is 1. The third-order valence-electron chi connectivity index (χ3n) is 3.58. The number of rotatable bonds is 4. The number of benzene rings is 1. The van der Waals surface area contributed by atoms with Gasteiger partial charge >= 0.3 is 5.97 Å². The van der Waals surface area contributed by atoms with Crippen LogP contribution in [0.3, 0.4) is 0 Å². The Labute approximate surface area is 120 Å². The predicted molar refractivity (Wildman–Crippen MR) is 72.5 cm³/mol. The number of para-hydroxylation sites is 1. The van der Waals surface area contributed by atoms with E-state index in [0.717, 1.165) is 11.3 Å². The van der Waals surface area contributed by atoms with Crippen molar-refractivity contribution in [3.63, 3.8) is 0 Å². The van der Waals surface area contributed by atoms with Gasteiger partial charge in [0.15, 0.2) is 0 Å². The molecule has 1 fully saturated rings. The molecular weight excluding hydrogens is 272 g/mol. The van der Waals surface area contributed by atoms with Crippen LogP contribution < -0.4 is 0 Å². The van der Waals surface area contributed by atoms with Crippen molar-refractivity contribution < 1.29 is 14.7 Å². The minimum Gasteiger partial charge on any atom is -0.481 e. The standard InChI is InChI=1S/C14H14N4O3/c19-13-5-11(14(20)21)7-17(13)6-10-3-1-2-4-12(10)18-9-15-8-16-18/h1-4,8-9,11H,5-7H2,(H,20,21)/t11-/m1/s1. The number of hydrogen-bond donors (Lipinski definition) is 1. The molecule has 0 spiro atoms. The summed E-state index contributed by atoms with van der Waals surface area (Å²) in [5.41, 5.74) is 1.74. The Kier molecular flexibility index (Phi) is 3.39. The lowest BCUT2D eigenvalue weighted by Gasteiger charge is -2.18. The van der Waals surface area contributed by atoms with Crippen LogP contribution in [0.2, 0.25) is 0 Å². The molecule has 108 valence electrons. The second kappa shape index (κ2) is 5.35. The van der Waals surface area contributed by atoms with E-state index < -0.39 is 11.9 Å². The zero-order valence-electron chi connectivity index (χ0n) is 11.2. The van der Waals surface area contributed by atoms with Gasteiger partial charge in [-0.25, -0.2) is 9.67 Å². The van der Waals surface area contributed by atoms with Gasteiger partial charge < -0.3 is 10.0 Å². The summed E-state index contributed by atoms with van der Waals surface area (Å²) in [6, 6.07) is 7.55. The van der Waals surface area contributed by atoms with Gasteiger partial charge in [-0.2, -0.15) is 5.10 Å². The minimum absolute atomic E-state index is 0.0703. The average Bonchev–Trinajstić information content (AvgIpc) is 3.10. The second-order valence-corrected chi connectivity index (χ2v) is 4.98. The van der Waals surface area contributed by atoms with E-state index in [9.17, 15) is 9.59 Å². The lowest BCUT2D eigenvalue weighted by Crippen LogP contribution is -2.26. The summed E-state index contributed by atoms with van der Waals surface area (Å²) in [6.45, 7) is 0.624. The summed E-state index contributed by atoms with van der Waals surface area (Å²) in [4.78, 5) is 28.4. The Morgan fingerprint density at radius 3 is 2.86 bits per heavy atom. The number of carboxylic acids is 1. The number of nitrogens with zero attached hydrogens (tertiary/aromatic N) is 4. The summed E-state index contributed by atoms with van der Waals surface area (Å²) in [7, 11) is 0. The number of likely N-dealkylation sites (tertiary alicyclic amines) is 1. The van der Waals surface area contributed by atoms with Gasteiger partial charge in [0.05, 0.1) is 11.6 Å². The fourth-order valence-electron chi connectivity index (χ4n) is 2.50. The summed E-state index contributed by atoms with van der Waals surface area (Å²) < 4.78 is 1.63. The van der Waals surface area contributed by atoms with Crippen molar-refractivity contribution in [2.24, 2.45) is 5.92 Å². The van der Waals surface area contributed by atoms with Crippen LogP contribution in [0.4, 0.5) is 0 Å². The zero-order chi connectivity index (χ0) is 14.8. The normalized spacial score (nSPS) is 18.2. The third kappa shape index (κ3) is 2.62. The molecule has 0 aliphatic carbocycles. The highest BCUT2D eigenvalue weighted by Crippen LogP contribution is 2.22. The maximum absolute atomic E-state index is 11.9. The van der Waals surface area contributed by atoms with Gasteiger partial charge in [-0.3, -0.25) is 9.59 Å². The Balaban J connectivity index is 1.83. The second-order valence-electron chi connectivity index (χ2n) is 4.98. The molecule has 1 aromatic carbocycles. The maximum Gasteiger partial charge on any atom is 0.308 e. The smallest absolute Gasteiger partial charge is 0.308 e. The SMILES string of the molecule is O=C(O)[C@@H]1CC(=O)N(Cc2ccccc2-n2cncn2)C1. The highest BCUT2D eigenvalue weighted by atomic mass is 16.4. The van der Waals surface area contributed by atoms with E-state index >= 15 is 0 Å². The molecule has 3 rings (SSSR count). The fraction of sp³-hybridized carbons (Fsp3) is 0.286. The summed E-state index contributed by atoms with van der Waals surface area (Å²) in [6.07, 6.45) is 3.10. The number of amides is 1. The van der Waals surface area contributed by atoms with Gasteiger partial charge in [-0.15, -0.1) is 0 Å². The Morgan fingerprint density at radius 2 is 2.19 bits per heavy atom. The maximum atomic E-state index is 11.9. The number of carbonyl (C=O) groups is 2. The Hall–Kier alpha value is -2.70. The summed E-state index contributed by atoms with van der Waals surface area (Å²) in [5, 5.41) is 13.1. The first kappa shape index (κ1) is 13.3. The molecule has 0 saturated carbocycles. The number of carboxylic acid groups (broad SMARTS) is 1. The molecule has 0 unspecified atom stereocenters. The van der Waals surface area contributed by atoms with Crippen LogP contribution in [0, 0.1) is 5.92 Å². The van der Waals surface area contributed by atoms with E-state index in [2.05, 4.69) is 10.1 Å². The highest BCUT2D eigenvalue weighted by Gasteiger charge is 2.34. The van der Waals surface area contributed by atoms with Crippen LogP contribution in [-0.2, 0) is 16.1 Å². The molecule has 7 nitrogen and oxygen atoms in total. The third-order valence-corrected chi connectivity index (χ3v) is 3.58. The lowest BCUT2D eigenvalue weighted by atomic mass is 10.1. The van der Waals surface area contributed by atoms with Gasteiger partial charge in [0.1, 0.15) is 12.7 Å². The molecule has 2 aromatic rings. The quantitative estimate of drug-likeness (QED) is 0.893. The van der Waals surface area contributed by atoms with E-state index in [1.54, 1.807) is 15.9 Å². The molecule has 1 N–H and O–H groups in total. The van der Waals surface area contributed by atoms with Crippen LogP contribution in [0.1, 0.15) is 12.0 Å². The molecule has 1 amide bonds. The van der Waals surface area contributed by atoms with Crippen molar-refractivity contribution in [3.8, 4) is 5.69 Å². The molecule has 0 bridgehead atoms. The molecule has 0 radical (unpaired) electrons. The summed E-state index contributed by atoms with van der Waals surface area (Å²) >= 11 is 0. The van der Waals surface area contributed by atoms with Gasteiger partial charge in [0.2, 0.25) is 5.91 Å². The molecule has 7 heteroatoms. The molecule has 1 aliphatic heterocycles. The topological polar surface area (TPSA) is 88.3 Å². The van der Waals surface area contributed by atoms with Crippen molar-refractivity contribution in [1.29, 1.82) is 0 Å². The number of aromatic nitrogens is 3. The first-order valence-corrected chi connectivity index (χ1v) is 6.58. The van der Waals surface area contributed by atoms with Gasteiger partial charge in [0, 0.05) is 19.5 Å². The highest BCUT2D eigenvalue weighted by molar-refractivity contribution is 5.86. The van der Waals surface area contributed by atoms with Gasteiger partial charge in [-0.1, -0.05) is 18.2 Å². The zero-order valence-corrected chi connectivity index (χ0v) is 11.2. The Bertz CT molecular complexity index is 669. The van der Waals surface area contributed by atoms with Crippen LogP contribution in [-0.4, -0.2) is 43.2 Å². The first-order chi connectivity index (χ1) is 10.1. The predicted octanol–water partition coefficient (Wildman–Crippen LogP) is 0.700. The van der Waals surface area contributed by atoms with Crippen LogP contribution in [0.25, 0.3) is 5.69 Å². The minimum atomic E-state index is -0.921. The van der Waals surface area contributed by atoms with Crippen LogP contribution >= 0.6 is 0 Å². The van der Waals surface area contributed by atoms with Crippen molar-refractivity contribution in [3.05, 3.63) is 42.5 Å². The first-order valence-electron chi connectivity index (χ1n) is 6.58. The number of aliphatic carboxylic acids is 1.